The molecule has 96 valence electrons. The molecule has 1 fully saturated rings. The van der Waals surface area contributed by atoms with Crippen molar-refractivity contribution in [2.75, 3.05) is 6.61 Å². The second-order valence-corrected chi connectivity index (χ2v) is 6.19. The molecule has 0 saturated heterocycles. The summed E-state index contributed by atoms with van der Waals surface area (Å²) in [7, 11) is 0. The van der Waals surface area contributed by atoms with Crippen LogP contribution in [0.3, 0.4) is 0 Å². The van der Waals surface area contributed by atoms with Crippen molar-refractivity contribution in [3.63, 3.8) is 0 Å². The number of benzene rings is 1. The van der Waals surface area contributed by atoms with Gasteiger partial charge in [-0.3, -0.25) is 4.79 Å². The van der Waals surface area contributed by atoms with E-state index >= 15 is 0 Å². The summed E-state index contributed by atoms with van der Waals surface area (Å²) in [5, 5.41) is 0. The fourth-order valence-electron chi connectivity index (χ4n) is 3.06. The predicted octanol–water partition coefficient (Wildman–Crippen LogP) is 3.69. The average Bonchev–Trinajstić information content (AvgIpc) is 2.98. The number of ketones is 1. The number of carbonyl (C=O) groups excluding carboxylic acids is 1. The van der Waals surface area contributed by atoms with Gasteiger partial charge in [-0.05, 0) is 30.5 Å². The second kappa shape index (κ2) is 5.04. The highest BCUT2D eigenvalue weighted by Crippen LogP contribution is 2.35. The molecule has 1 aromatic rings. The van der Waals surface area contributed by atoms with Crippen molar-refractivity contribution in [1.29, 1.82) is 0 Å². The molecule has 1 saturated carbocycles. The van der Waals surface area contributed by atoms with E-state index in [0.717, 1.165) is 41.7 Å². The van der Waals surface area contributed by atoms with Gasteiger partial charge in [-0.25, -0.2) is 0 Å². The number of ether oxygens (including phenoxy) is 1. The maximum atomic E-state index is 12.3. The molecule has 1 heterocycles. The summed E-state index contributed by atoms with van der Waals surface area (Å²) < 4.78 is 6.73. The number of rotatable bonds is 3. The third-order valence-corrected chi connectivity index (χ3v) is 4.46. The molecule has 0 aromatic heterocycles. The summed E-state index contributed by atoms with van der Waals surface area (Å²) in [5.74, 6) is 1.65. The van der Waals surface area contributed by atoms with Crippen LogP contribution in [0, 0.1) is 5.92 Å². The third kappa shape index (κ3) is 2.33. The van der Waals surface area contributed by atoms with Crippen LogP contribution in [0.4, 0.5) is 0 Å². The lowest BCUT2D eigenvalue weighted by atomic mass is 9.95. The smallest absolute Gasteiger partial charge is 0.140 e. The standard InChI is InChI=1S/C15H17BrO2/c16-13-7-11-5-6-18-15(11)12(8-13)9-14(17)10-3-1-2-4-10/h7-8,10H,1-6,9H2. The Labute approximate surface area is 116 Å². The van der Waals surface area contributed by atoms with E-state index in [1.807, 2.05) is 6.07 Å². The van der Waals surface area contributed by atoms with E-state index in [1.54, 1.807) is 0 Å². The summed E-state index contributed by atoms with van der Waals surface area (Å²) >= 11 is 3.52. The molecule has 2 aliphatic rings. The normalized spacial score (nSPS) is 18.7. The Hall–Kier alpha value is -0.830. The number of hydrogen-bond acceptors (Lipinski definition) is 2. The molecule has 0 N–H and O–H groups in total. The minimum atomic E-state index is 0.293. The molecule has 0 radical (unpaired) electrons. The monoisotopic (exact) mass is 308 g/mol. The van der Waals surface area contributed by atoms with Gasteiger partial charge in [0.05, 0.1) is 6.61 Å². The lowest BCUT2D eigenvalue weighted by Crippen LogP contribution is -2.14. The Kier molecular flexibility index (Phi) is 3.42. The number of Topliss-reactive ketones (excluding diaryl/α,β-unsaturated/α-hetero) is 1. The van der Waals surface area contributed by atoms with E-state index in [1.165, 1.54) is 18.4 Å². The van der Waals surface area contributed by atoms with E-state index in [4.69, 9.17) is 4.74 Å². The van der Waals surface area contributed by atoms with Crippen molar-refractivity contribution in [2.45, 2.75) is 38.5 Å². The molecule has 0 bridgehead atoms. The minimum Gasteiger partial charge on any atom is -0.493 e. The first kappa shape index (κ1) is 12.2. The first-order chi connectivity index (χ1) is 8.74. The van der Waals surface area contributed by atoms with Gasteiger partial charge in [0.1, 0.15) is 11.5 Å². The Balaban J connectivity index is 1.82. The molecule has 0 atom stereocenters. The predicted molar refractivity (Wildman–Crippen MR) is 74.0 cm³/mol. The van der Waals surface area contributed by atoms with Gasteiger partial charge in [-0.15, -0.1) is 0 Å². The van der Waals surface area contributed by atoms with Gasteiger partial charge in [0.15, 0.2) is 0 Å². The highest BCUT2D eigenvalue weighted by Gasteiger charge is 2.25. The Morgan fingerprint density at radius 2 is 2.11 bits per heavy atom. The van der Waals surface area contributed by atoms with Gasteiger partial charge < -0.3 is 4.74 Å². The topological polar surface area (TPSA) is 26.3 Å². The number of halogens is 1. The van der Waals surface area contributed by atoms with Gasteiger partial charge in [0.25, 0.3) is 0 Å². The lowest BCUT2D eigenvalue weighted by molar-refractivity contribution is -0.122. The SMILES string of the molecule is O=C(Cc1cc(Br)cc2c1OCC2)C1CCCC1. The maximum absolute atomic E-state index is 12.3. The van der Waals surface area contributed by atoms with Crippen molar-refractivity contribution < 1.29 is 9.53 Å². The van der Waals surface area contributed by atoms with E-state index in [0.29, 0.717) is 18.1 Å². The summed E-state index contributed by atoms with van der Waals surface area (Å²) in [6, 6.07) is 4.14. The van der Waals surface area contributed by atoms with E-state index < -0.39 is 0 Å². The number of hydrogen-bond donors (Lipinski definition) is 0. The molecular formula is C15H17BrO2. The molecule has 3 heteroatoms. The summed E-state index contributed by atoms with van der Waals surface area (Å²) in [6.45, 7) is 0.746. The number of fused-ring (bicyclic) bond motifs is 1. The molecule has 0 spiro atoms. The van der Waals surface area contributed by atoms with Gasteiger partial charge in [-0.1, -0.05) is 28.8 Å². The molecule has 1 aliphatic carbocycles. The van der Waals surface area contributed by atoms with Crippen molar-refractivity contribution in [1.82, 2.24) is 0 Å². The highest BCUT2D eigenvalue weighted by atomic mass is 79.9. The van der Waals surface area contributed by atoms with Crippen LogP contribution >= 0.6 is 15.9 Å². The molecule has 1 aliphatic heterocycles. The zero-order valence-electron chi connectivity index (χ0n) is 10.4. The van der Waals surface area contributed by atoms with Crippen LogP contribution in [-0.2, 0) is 17.6 Å². The average molecular weight is 309 g/mol. The first-order valence-electron chi connectivity index (χ1n) is 6.71. The fraction of sp³-hybridized carbons (Fsp3) is 0.533. The number of carbonyl (C=O) groups is 1. The van der Waals surface area contributed by atoms with Crippen molar-refractivity contribution in [3.8, 4) is 5.75 Å². The Morgan fingerprint density at radius 3 is 2.89 bits per heavy atom. The molecule has 0 amide bonds. The Morgan fingerprint density at radius 1 is 1.33 bits per heavy atom. The van der Waals surface area contributed by atoms with Crippen LogP contribution in [0.15, 0.2) is 16.6 Å². The van der Waals surface area contributed by atoms with Crippen molar-refractivity contribution >= 4 is 21.7 Å². The molecule has 18 heavy (non-hydrogen) atoms. The van der Waals surface area contributed by atoms with Crippen LogP contribution in [0.5, 0.6) is 5.75 Å². The van der Waals surface area contributed by atoms with Crippen LogP contribution < -0.4 is 4.74 Å². The zero-order chi connectivity index (χ0) is 12.5. The van der Waals surface area contributed by atoms with Crippen molar-refractivity contribution in [2.24, 2.45) is 5.92 Å². The van der Waals surface area contributed by atoms with Gasteiger partial charge in [0.2, 0.25) is 0 Å². The quantitative estimate of drug-likeness (QED) is 0.851. The minimum absolute atomic E-state index is 0.293. The summed E-state index contributed by atoms with van der Waals surface area (Å²) in [4.78, 5) is 12.3. The third-order valence-electron chi connectivity index (χ3n) is 4.00. The van der Waals surface area contributed by atoms with Crippen molar-refractivity contribution in [3.05, 3.63) is 27.7 Å². The van der Waals surface area contributed by atoms with Gasteiger partial charge in [0, 0.05) is 28.8 Å². The summed E-state index contributed by atoms with van der Waals surface area (Å²) in [5.41, 5.74) is 2.30. The van der Waals surface area contributed by atoms with Crippen LogP contribution in [0.2, 0.25) is 0 Å². The highest BCUT2D eigenvalue weighted by molar-refractivity contribution is 9.10. The largest absolute Gasteiger partial charge is 0.493 e. The second-order valence-electron chi connectivity index (χ2n) is 5.28. The van der Waals surface area contributed by atoms with E-state index in [-0.39, 0.29) is 0 Å². The molecular weight excluding hydrogens is 292 g/mol. The van der Waals surface area contributed by atoms with Crippen LogP contribution in [-0.4, -0.2) is 12.4 Å². The molecule has 0 unspecified atom stereocenters. The maximum Gasteiger partial charge on any atom is 0.140 e. The molecule has 1 aromatic carbocycles. The molecule has 3 rings (SSSR count). The molecule has 2 nitrogen and oxygen atoms in total. The van der Waals surface area contributed by atoms with E-state index in [9.17, 15) is 4.79 Å². The van der Waals surface area contributed by atoms with Gasteiger partial charge >= 0.3 is 0 Å². The van der Waals surface area contributed by atoms with Gasteiger partial charge in [-0.2, -0.15) is 0 Å². The van der Waals surface area contributed by atoms with Crippen LogP contribution in [0.1, 0.15) is 36.8 Å². The summed E-state index contributed by atoms with van der Waals surface area (Å²) in [6.07, 6.45) is 6.07. The Bertz CT molecular complexity index is 476. The fourth-order valence-corrected chi connectivity index (χ4v) is 3.61. The first-order valence-corrected chi connectivity index (χ1v) is 7.50. The van der Waals surface area contributed by atoms with Crippen LogP contribution in [0.25, 0.3) is 0 Å². The lowest BCUT2D eigenvalue weighted by Gasteiger charge is -2.11. The van der Waals surface area contributed by atoms with E-state index in [2.05, 4.69) is 22.0 Å². The zero-order valence-corrected chi connectivity index (χ0v) is 12.0.